The van der Waals surface area contributed by atoms with Crippen LogP contribution in [0.3, 0.4) is 0 Å². The number of aliphatic hydroxyl groups excluding tert-OH is 1. The molecule has 1 rings (SSSR count). The maximum Gasteiger partial charge on any atom is 0.0626 e. The summed E-state index contributed by atoms with van der Waals surface area (Å²) < 4.78 is 0. The van der Waals surface area contributed by atoms with E-state index in [0.29, 0.717) is 0 Å². The summed E-state index contributed by atoms with van der Waals surface area (Å²) in [6.07, 6.45) is 0. The highest BCUT2D eigenvalue weighted by Gasteiger charge is 2.10. The van der Waals surface area contributed by atoms with E-state index < -0.39 is 0 Å². The van der Waals surface area contributed by atoms with Crippen molar-refractivity contribution in [3.63, 3.8) is 0 Å². The molecular formula is C11H17NO. The van der Waals surface area contributed by atoms with Gasteiger partial charge in [-0.15, -0.1) is 0 Å². The molecule has 0 saturated carbocycles. The van der Waals surface area contributed by atoms with Crippen LogP contribution in [0.25, 0.3) is 0 Å². The molecule has 0 aromatic heterocycles. The lowest BCUT2D eigenvalue weighted by Gasteiger charge is -2.17. The summed E-state index contributed by atoms with van der Waals surface area (Å²) in [5.41, 5.74) is 3.71. The first-order valence-corrected chi connectivity index (χ1v) is 4.55. The zero-order valence-corrected chi connectivity index (χ0v) is 8.46. The Labute approximate surface area is 79.6 Å². The zero-order valence-electron chi connectivity index (χ0n) is 8.46. The molecule has 0 radical (unpaired) electrons. The summed E-state index contributed by atoms with van der Waals surface area (Å²) in [7, 11) is 1.86. The van der Waals surface area contributed by atoms with Crippen molar-refractivity contribution >= 4 is 0 Å². The molecule has 13 heavy (non-hydrogen) atoms. The Bertz CT molecular complexity index is 279. The maximum atomic E-state index is 9.13. The normalized spacial score (nSPS) is 12.9. The molecule has 2 heteroatoms. The van der Waals surface area contributed by atoms with Gasteiger partial charge in [-0.2, -0.15) is 0 Å². The first-order valence-electron chi connectivity index (χ1n) is 4.55. The van der Waals surface area contributed by atoms with E-state index in [-0.39, 0.29) is 12.6 Å². The van der Waals surface area contributed by atoms with Crippen LogP contribution >= 0.6 is 0 Å². The lowest BCUT2D eigenvalue weighted by molar-refractivity contribution is 0.250. The van der Waals surface area contributed by atoms with Gasteiger partial charge in [0.15, 0.2) is 0 Å². The second-order valence-corrected chi connectivity index (χ2v) is 3.31. The maximum absolute atomic E-state index is 9.13. The van der Waals surface area contributed by atoms with Gasteiger partial charge in [-0.3, -0.25) is 0 Å². The van der Waals surface area contributed by atoms with Gasteiger partial charge in [-0.05, 0) is 37.6 Å². The molecule has 2 N–H and O–H groups in total. The highest BCUT2D eigenvalue weighted by molar-refractivity contribution is 5.35. The number of benzene rings is 1. The number of aryl methyl sites for hydroxylation is 1. The van der Waals surface area contributed by atoms with Gasteiger partial charge in [-0.1, -0.05) is 18.2 Å². The van der Waals surface area contributed by atoms with Gasteiger partial charge in [0, 0.05) is 0 Å². The van der Waals surface area contributed by atoms with Crippen LogP contribution in [-0.4, -0.2) is 18.8 Å². The molecule has 0 spiro atoms. The van der Waals surface area contributed by atoms with Crippen molar-refractivity contribution in [2.75, 3.05) is 13.7 Å². The Morgan fingerprint density at radius 1 is 1.38 bits per heavy atom. The van der Waals surface area contributed by atoms with Crippen LogP contribution < -0.4 is 5.32 Å². The number of hydrogen-bond acceptors (Lipinski definition) is 2. The average Bonchev–Trinajstić information content (AvgIpc) is 2.14. The smallest absolute Gasteiger partial charge is 0.0626 e. The summed E-state index contributed by atoms with van der Waals surface area (Å²) in [6.45, 7) is 4.31. The number of likely N-dealkylation sites (N-methyl/N-ethyl adjacent to an activating group) is 1. The van der Waals surface area contributed by atoms with Gasteiger partial charge in [0.1, 0.15) is 0 Å². The first kappa shape index (κ1) is 10.2. The largest absolute Gasteiger partial charge is 0.394 e. The fourth-order valence-electron chi connectivity index (χ4n) is 1.50. The Morgan fingerprint density at radius 3 is 2.62 bits per heavy atom. The summed E-state index contributed by atoms with van der Waals surface area (Å²) in [4.78, 5) is 0. The van der Waals surface area contributed by atoms with Gasteiger partial charge in [-0.25, -0.2) is 0 Å². The van der Waals surface area contributed by atoms with Crippen LogP contribution in [0.15, 0.2) is 18.2 Å². The SMILES string of the molecule is CN[C@H](CO)c1cccc(C)c1C. The highest BCUT2D eigenvalue weighted by Crippen LogP contribution is 2.19. The van der Waals surface area contributed by atoms with E-state index in [1.54, 1.807) is 0 Å². The van der Waals surface area contributed by atoms with Crippen LogP contribution in [-0.2, 0) is 0 Å². The van der Waals surface area contributed by atoms with Crippen LogP contribution in [0.5, 0.6) is 0 Å². The minimum Gasteiger partial charge on any atom is -0.394 e. The van der Waals surface area contributed by atoms with E-state index in [4.69, 9.17) is 5.11 Å². The molecule has 1 atom stereocenters. The lowest BCUT2D eigenvalue weighted by atomic mass is 9.98. The molecule has 72 valence electrons. The fourth-order valence-corrected chi connectivity index (χ4v) is 1.50. The van der Waals surface area contributed by atoms with Crippen LogP contribution in [0.2, 0.25) is 0 Å². The minimum absolute atomic E-state index is 0.0555. The Morgan fingerprint density at radius 2 is 2.08 bits per heavy atom. The summed E-state index contributed by atoms with van der Waals surface area (Å²) in [5, 5.41) is 12.2. The van der Waals surface area contributed by atoms with Gasteiger partial charge in [0.05, 0.1) is 12.6 Å². The van der Waals surface area contributed by atoms with Gasteiger partial charge in [0.2, 0.25) is 0 Å². The molecule has 0 amide bonds. The molecule has 1 aromatic carbocycles. The number of rotatable bonds is 3. The summed E-state index contributed by atoms with van der Waals surface area (Å²) in [5.74, 6) is 0. The third kappa shape index (κ3) is 2.08. The Kier molecular flexibility index (Phi) is 3.46. The topological polar surface area (TPSA) is 32.3 Å². The Balaban J connectivity index is 3.05. The van der Waals surface area contributed by atoms with Gasteiger partial charge < -0.3 is 10.4 Å². The fraction of sp³-hybridized carbons (Fsp3) is 0.455. The number of aliphatic hydroxyl groups is 1. The molecule has 2 nitrogen and oxygen atoms in total. The molecule has 1 aromatic rings. The van der Waals surface area contributed by atoms with Crippen molar-refractivity contribution in [1.29, 1.82) is 0 Å². The average molecular weight is 179 g/mol. The van der Waals surface area contributed by atoms with Crippen LogP contribution in [0.1, 0.15) is 22.7 Å². The monoisotopic (exact) mass is 179 g/mol. The predicted octanol–water partition coefficient (Wildman–Crippen LogP) is 1.56. The van der Waals surface area contributed by atoms with E-state index in [1.165, 1.54) is 16.7 Å². The third-order valence-electron chi connectivity index (χ3n) is 2.55. The van der Waals surface area contributed by atoms with E-state index in [2.05, 4.69) is 31.3 Å². The minimum atomic E-state index is 0.0555. The molecule has 0 saturated heterocycles. The predicted molar refractivity (Wildman–Crippen MR) is 54.8 cm³/mol. The number of hydrogen-bond donors (Lipinski definition) is 2. The van der Waals surface area contributed by atoms with Crippen molar-refractivity contribution in [2.45, 2.75) is 19.9 Å². The van der Waals surface area contributed by atoms with E-state index in [0.717, 1.165) is 0 Å². The van der Waals surface area contributed by atoms with Crippen LogP contribution in [0.4, 0.5) is 0 Å². The van der Waals surface area contributed by atoms with E-state index in [9.17, 15) is 0 Å². The molecule has 0 aliphatic carbocycles. The number of nitrogens with one attached hydrogen (secondary N) is 1. The van der Waals surface area contributed by atoms with Crippen molar-refractivity contribution in [3.8, 4) is 0 Å². The zero-order chi connectivity index (χ0) is 9.84. The second-order valence-electron chi connectivity index (χ2n) is 3.31. The van der Waals surface area contributed by atoms with Gasteiger partial charge in [0.25, 0.3) is 0 Å². The molecule has 0 fully saturated rings. The third-order valence-corrected chi connectivity index (χ3v) is 2.55. The molecule has 0 aliphatic rings. The second kappa shape index (κ2) is 4.40. The van der Waals surface area contributed by atoms with E-state index in [1.807, 2.05) is 13.1 Å². The van der Waals surface area contributed by atoms with Crippen molar-refractivity contribution < 1.29 is 5.11 Å². The quantitative estimate of drug-likeness (QED) is 0.738. The van der Waals surface area contributed by atoms with Crippen molar-refractivity contribution in [1.82, 2.24) is 5.32 Å². The van der Waals surface area contributed by atoms with Crippen LogP contribution in [0, 0.1) is 13.8 Å². The Hall–Kier alpha value is -0.860. The summed E-state index contributed by atoms with van der Waals surface area (Å²) >= 11 is 0. The standard InChI is InChI=1S/C11H17NO/c1-8-5-4-6-10(9(8)2)11(7-13)12-3/h4-6,11-13H,7H2,1-3H3/t11-/m1/s1. The van der Waals surface area contributed by atoms with Crippen molar-refractivity contribution in [3.05, 3.63) is 34.9 Å². The van der Waals surface area contributed by atoms with Crippen molar-refractivity contribution in [2.24, 2.45) is 0 Å². The molecule has 0 aliphatic heterocycles. The molecule has 0 unspecified atom stereocenters. The lowest BCUT2D eigenvalue weighted by Crippen LogP contribution is -2.21. The van der Waals surface area contributed by atoms with Gasteiger partial charge >= 0.3 is 0 Å². The van der Waals surface area contributed by atoms with E-state index >= 15 is 0 Å². The highest BCUT2D eigenvalue weighted by atomic mass is 16.3. The molecule has 0 heterocycles. The molecular weight excluding hydrogens is 162 g/mol. The molecule has 0 bridgehead atoms. The summed E-state index contributed by atoms with van der Waals surface area (Å²) in [6, 6.07) is 6.22. The first-order chi connectivity index (χ1) is 6.20.